The number of amides is 1. The average molecular weight is 381 g/mol. The summed E-state index contributed by atoms with van der Waals surface area (Å²) in [6.07, 6.45) is 1.40. The van der Waals surface area contributed by atoms with E-state index in [1.165, 1.54) is 17.8 Å². The van der Waals surface area contributed by atoms with Crippen molar-refractivity contribution in [3.05, 3.63) is 83.1 Å². The molecule has 0 bridgehead atoms. The van der Waals surface area contributed by atoms with Gasteiger partial charge in [-0.3, -0.25) is 4.79 Å². The van der Waals surface area contributed by atoms with E-state index in [1.54, 1.807) is 36.4 Å². The molecule has 3 rings (SSSR count). The first kappa shape index (κ1) is 17.9. The Labute approximate surface area is 160 Å². The lowest BCUT2D eigenvalue weighted by Crippen LogP contribution is -2.13. The van der Waals surface area contributed by atoms with Crippen molar-refractivity contribution in [1.29, 1.82) is 5.26 Å². The van der Waals surface area contributed by atoms with Gasteiger partial charge in [0.25, 0.3) is 5.91 Å². The number of hydrogen-bond acceptors (Lipinski definition) is 4. The summed E-state index contributed by atoms with van der Waals surface area (Å²) in [5.41, 5.74) is 0.371. The Bertz CT molecular complexity index is 990. The lowest BCUT2D eigenvalue weighted by molar-refractivity contribution is -0.112. The first-order valence-corrected chi connectivity index (χ1v) is 8.85. The number of benzene rings is 2. The maximum Gasteiger partial charge on any atom is 0.266 e. The Balaban J connectivity index is 1.74. The van der Waals surface area contributed by atoms with Crippen LogP contribution in [0, 0.1) is 11.3 Å². The molecule has 6 heteroatoms. The van der Waals surface area contributed by atoms with E-state index < -0.39 is 5.91 Å². The smallest absolute Gasteiger partial charge is 0.266 e. The predicted octanol–water partition coefficient (Wildman–Crippen LogP) is 5.63. The zero-order chi connectivity index (χ0) is 18.4. The van der Waals surface area contributed by atoms with E-state index in [9.17, 15) is 10.1 Å². The van der Waals surface area contributed by atoms with Crippen molar-refractivity contribution < 1.29 is 9.21 Å². The summed E-state index contributed by atoms with van der Waals surface area (Å²) in [7, 11) is 0. The zero-order valence-corrected chi connectivity index (χ0v) is 15.1. The van der Waals surface area contributed by atoms with Gasteiger partial charge < -0.3 is 9.73 Å². The Morgan fingerprint density at radius 1 is 1.08 bits per heavy atom. The minimum absolute atomic E-state index is 0.0736. The van der Waals surface area contributed by atoms with Crippen LogP contribution >= 0.6 is 23.4 Å². The number of carbonyl (C=O) groups excluding carboxylic acids is 1. The number of anilines is 1. The number of nitrogens with one attached hydrogen (secondary N) is 1. The van der Waals surface area contributed by atoms with Gasteiger partial charge in [-0.1, -0.05) is 53.7 Å². The second kappa shape index (κ2) is 8.43. The predicted molar refractivity (Wildman–Crippen MR) is 103 cm³/mol. The lowest BCUT2D eigenvalue weighted by atomic mass is 10.2. The molecule has 0 radical (unpaired) electrons. The molecular formula is C20H13ClN2O2S. The highest BCUT2D eigenvalue weighted by Gasteiger charge is 2.12. The van der Waals surface area contributed by atoms with Crippen LogP contribution in [-0.2, 0) is 4.79 Å². The zero-order valence-electron chi connectivity index (χ0n) is 13.5. The molecular weight excluding hydrogens is 368 g/mol. The van der Waals surface area contributed by atoms with E-state index >= 15 is 0 Å². The fraction of sp³-hybridized carbons (Fsp3) is 0. The van der Waals surface area contributed by atoms with Crippen LogP contribution in [0.4, 0.5) is 5.69 Å². The Hall–Kier alpha value is -2.94. The highest BCUT2D eigenvalue weighted by Crippen LogP contribution is 2.29. The van der Waals surface area contributed by atoms with Gasteiger partial charge in [0.1, 0.15) is 17.4 Å². The fourth-order valence-electron chi connectivity index (χ4n) is 2.11. The molecule has 0 aliphatic rings. The Morgan fingerprint density at radius 3 is 2.54 bits per heavy atom. The number of nitriles is 1. The molecule has 1 aromatic heterocycles. The third-order valence-electron chi connectivity index (χ3n) is 3.34. The van der Waals surface area contributed by atoms with Gasteiger partial charge in [-0.05, 0) is 36.4 Å². The maximum absolute atomic E-state index is 12.3. The van der Waals surface area contributed by atoms with Crippen LogP contribution in [0.15, 0.2) is 86.7 Å². The quantitative estimate of drug-likeness (QED) is 0.460. The summed E-state index contributed by atoms with van der Waals surface area (Å²) in [5, 5.41) is 13.0. The highest BCUT2D eigenvalue weighted by atomic mass is 35.5. The summed E-state index contributed by atoms with van der Waals surface area (Å²) in [4.78, 5) is 13.3. The molecule has 2 aromatic carbocycles. The molecule has 0 spiro atoms. The largest absolute Gasteiger partial charge is 0.450 e. The van der Waals surface area contributed by atoms with Crippen molar-refractivity contribution in [3.8, 4) is 6.07 Å². The van der Waals surface area contributed by atoms with Crippen molar-refractivity contribution in [1.82, 2.24) is 0 Å². The van der Waals surface area contributed by atoms with Gasteiger partial charge in [-0.25, -0.2) is 0 Å². The molecule has 4 nitrogen and oxygen atoms in total. The lowest BCUT2D eigenvalue weighted by Gasteiger charge is -2.05. The molecule has 0 saturated carbocycles. The maximum atomic E-state index is 12.3. The fourth-order valence-corrected chi connectivity index (χ4v) is 3.10. The van der Waals surface area contributed by atoms with E-state index in [0.717, 1.165) is 4.90 Å². The topological polar surface area (TPSA) is 66.0 Å². The summed E-state index contributed by atoms with van der Waals surface area (Å²) in [5.74, 6) is -0.122. The van der Waals surface area contributed by atoms with E-state index in [1.807, 2.05) is 36.4 Å². The van der Waals surface area contributed by atoms with Crippen molar-refractivity contribution >= 4 is 41.0 Å². The van der Waals surface area contributed by atoms with Crippen LogP contribution in [0.1, 0.15) is 5.76 Å². The molecule has 3 aromatic rings. The molecule has 0 fully saturated rings. The first-order valence-electron chi connectivity index (χ1n) is 7.66. The number of halogens is 1. The molecule has 1 N–H and O–H groups in total. The van der Waals surface area contributed by atoms with Crippen molar-refractivity contribution in [2.75, 3.05) is 5.32 Å². The SMILES string of the molecule is N#C/C(=C/c1ccc(Sc2ccccc2)o1)C(=O)Nc1ccccc1Cl. The van der Waals surface area contributed by atoms with E-state index in [-0.39, 0.29) is 5.57 Å². The number of furan rings is 1. The van der Waals surface area contributed by atoms with E-state index in [2.05, 4.69) is 5.32 Å². The van der Waals surface area contributed by atoms with Crippen LogP contribution in [0.2, 0.25) is 5.02 Å². The number of nitrogens with zero attached hydrogens (tertiary/aromatic N) is 1. The van der Waals surface area contributed by atoms with Crippen LogP contribution in [0.25, 0.3) is 6.08 Å². The van der Waals surface area contributed by atoms with E-state index in [0.29, 0.717) is 21.6 Å². The molecule has 26 heavy (non-hydrogen) atoms. The molecule has 0 aliphatic heterocycles. The van der Waals surface area contributed by atoms with Gasteiger partial charge in [0.05, 0.1) is 10.7 Å². The average Bonchev–Trinajstić information content (AvgIpc) is 3.09. The van der Waals surface area contributed by atoms with Crippen LogP contribution < -0.4 is 5.32 Å². The second-order valence-corrected chi connectivity index (χ2v) is 6.66. The molecule has 0 aliphatic carbocycles. The number of para-hydroxylation sites is 1. The Kier molecular flexibility index (Phi) is 5.80. The van der Waals surface area contributed by atoms with Crippen molar-refractivity contribution in [2.24, 2.45) is 0 Å². The molecule has 0 atom stereocenters. The van der Waals surface area contributed by atoms with Gasteiger partial charge in [-0.15, -0.1) is 0 Å². The number of hydrogen-bond donors (Lipinski definition) is 1. The highest BCUT2D eigenvalue weighted by molar-refractivity contribution is 7.99. The normalized spacial score (nSPS) is 11.0. The van der Waals surface area contributed by atoms with Crippen LogP contribution in [0.5, 0.6) is 0 Å². The van der Waals surface area contributed by atoms with E-state index in [4.69, 9.17) is 16.0 Å². The van der Waals surface area contributed by atoms with Crippen molar-refractivity contribution in [2.45, 2.75) is 9.99 Å². The van der Waals surface area contributed by atoms with Crippen molar-refractivity contribution in [3.63, 3.8) is 0 Å². The first-order chi connectivity index (χ1) is 12.7. The third kappa shape index (κ3) is 4.57. The molecule has 1 heterocycles. The number of carbonyl (C=O) groups is 1. The van der Waals surface area contributed by atoms with Gasteiger partial charge in [0.2, 0.25) is 0 Å². The minimum atomic E-state index is -0.547. The Morgan fingerprint density at radius 2 is 1.81 bits per heavy atom. The van der Waals surface area contributed by atoms with Crippen LogP contribution in [0.3, 0.4) is 0 Å². The van der Waals surface area contributed by atoms with Gasteiger partial charge in [0, 0.05) is 11.0 Å². The van der Waals surface area contributed by atoms with Gasteiger partial charge in [0.15, 0.2) is 5.09 Å². The van der Waals surface area contributed by atoms with Gasteiger partial charge in [-0.2, -0.15) is 5.26 Å². The van der Waals surface area contributed by atoms with Gasteiger partial charge >= 0.3 is 0 Å². The minimum Gasteiger partial charge on any atom is -0.450 e. The molecule has 1 amide bonds. The number of rotatable bonds is 5. The molecule has 128 valence electrons. The summed E-state index contributed by atoms with van der Waals surface area (Å²) >= 11 is 7.48. The monoisotopic (exact) mass is 380 g/mol. The summed E-state index contributed by atoms with van der Waals surface area (Å²) in [6, 6.07) is 22.0. The molecule has 0 saturated heterocycles. The third-order valence-corrected chi connectivity index (χ3v) is 4.60. The van der Waals surface area contributed by atoms with Crippen LogP contribution in [-0.4, -0.2) is 5.91 Å². The molecule has 0 unspecified atom stereocenters. The second-order valence-electron chi connectivity index (χ2n) is 5.18. The summed E-state index contributed by atoms with van der Waals surface area (Å²) in [6.45, 7) is 0. The summed E-state index contributed by atoms with van der Waals surface area (Å²) < 4.78 is 5.67. The standard InChI is InChI=1S/C20H13ClN2O2S/c21-17-8-4-5-9-18(17)23-20(24)14(13-22)12-15-10-11-19(25-15)26-16-6-2-1-3-7-16/h1-12H,(H,23,24)/b14-12-.